The van der Waals surface area contributed by atoms with Crippen LogP contribution in [0, 0.1) is 0 Å². The van der Waals surface area contributed by atoms with Crippen LogP contribution >= 0.6 is 0 Å². The van der Waals surface area contributed by atoms with Crippen LogP contribution in [0.2, 0.25) is 0 Å². The van der Waals surface area contributed by atoms with Crippen molar-refractivity contribution in [2.75, 3.05) is 23.7 Å². The quantitative estimate of drug-likeness (QED) is 0.557. The maximum atomic E-state index is 12.8. The second-order valence-corrected chi connectivity index (χ2v) is 8.61. The van der Waals surface area contributed by atoms with Crippen molar-refractivity contribution in [1.29, 1.82) is 0 Å². The van der Waals surface area contributed by atoms with Gasteiger partial charge in [0, 0.05) is 18.3 Å². The summed E-state index contributed by atoms with van der Waals surface area (Å²) in [6.07, 6.45) is 2.09. The maximum Gasteiger partial charge on any atom is 0.330 e. The molecule has 0 saturated heterocycles. The highest BCUT2D eigenvalue weighted by molar-refractivity contribution is 7.89. The Balaban J connectivity index is 1.64. The Kier molecular flexibility index (Phi) is 4.16. The third-order valence-electron chi connectivity index (χ3n) is 5.08. The van der Waals surface area contributed by atoms with Crippen molar-refractivity contribution in [1.82, 2.24) is 9.55 Å². The first-order valence-electron chi connectivity index (χ1n) is 8.75. The summed E-state index contributed by atoms with van der Waals surface area (Å²) >= 11 is 0. The SMILES string of the molecule is Nc1c(C(=O)CN2CCc3cc(S(N)(=O)=O)ccc32)c(=O)[nH]c(=O)n1C1CC1. The van der Waals surface area contributed by atoms with Crippen LogP contribution in [0.1, 0.15) is 34.8 Å². The number of primary sulfonamides is 1. The van der Waals surface area contributed by atoms with E-state index in [4.69, 9.17) is 10.9 Å². The average Bonchev–Trinajstić information content (AvgIpc) is 3.34. The molecule has 1 aliphatic carbocycles. The number of nitrogens with two attached hydrogens (primary N) is 2. The zero-order chi connectivity index (χ0) is 20.2. The topological polar surface area (TPSA) is 161 Å². The van der Waals surface area contributed by atoms with Gasteiger partial charge >= 0.3 is 5.69 Å². The number of H-pyrrole nitrogens is 1. The minimum absolute atomic E-state index is 0.0108. The molecule has 0 amide bonds. The van der Waals surface area contributed by atoms with Crippen molar-refractivity contribution in [3.63, 3.8) is 0 Å². The molecular formula is C17H19N5O5S. The lowest BCUT2D eigenvalue weighted by Crippen LogP contribution is -2.38. The normalized spacial score (nSPS) is 16.2. The molecule has 5 N–H and O–H groups in total. The van der Waals surface area contributed by atoms with E-state index in [2.05, 4.69) is 4.98 Å². The third kappa shape index (κ3) is 3.12. The van der Waals surface area contributed by atoms with E-state index in [0.29, 0.717) is 18.7 Å². The van der Waals surface area contributed by atoms with Crippen LogP contribution in [-0.4, -0.2) is 36.8 Å². The Labute approximate surface area is 159 Å². The lowest BCUT2D eigenvalue weighted by molar-refractivity contribution is 0.0998. The molecule has 2 aliphatic rings. The number of aromatic nitrogens is 2. The minimum Gasteiger partial charge on any atom is -0.384 e. The van der Waals surface area contributed by atoms with Gasteiger partial charge in [-0.3, -0.25) is 19.1 Å². The van der Waals surface area contributed by atoms with Crippen LogP contribution in [0.3, 0.4) is 0 Å². The van der Waals surface area contributed by atoms with Crippen LogP contribution < -0.4 is 27.0 Å². The Morgan fingerprint density at radius 3 is 2.61 bits per heavy atom. The van der Waals surface area contributed by atoms with E-state index in [0.717, 1.165) is 18.4 Å². The average molecular weight is 405 g/mol. The molecule has 1 aliphatic heterocycles. The zero-order valence-electron chi connectivity index (χ0n) is 14.8. The van der Waals surface area contributed by atoms with Crippen molar-refractivity contribution < 1.29 is 13.2 Å². The van der Waals surface area contributed by atoms with Crippen LogP contribution in [0.25, 0.3) is 0 Å². The molecule has 2 heterocycles. The Morgan fingerprint density at radius 1 is 1.25 bits per heavy atom. The number of nitrogen functional groups attached to an aromatic ring is 1. The predicted octanol–water partition coefficient (Wildman–Crippen LogP) is -0.653. The van der Waals surface area contributed by atoms with Gasteiger partial charge in [-0.1, -0.05) is 0 Å². The Hall–Kier alpha value is -2.92. The lowest BCUT2D eigenvalue weighted by Gasteiger charge is -2.19. The molecular weight excluding hydrogens is 386 g/mol. The van der Waals surface area contributed by atoms with E-state index in [1.165, 1.54) is 16.7 Å². The number of rotatable bonds is 5. The summed E-state index contributed by atoms with van der Waals surface area (Å²) in [5.74, 6) is -0.609. The van der Waals surface area contributed by atoms with E-state index < -0.39 is 27.1 Å². The van der Waals surface area contributed by atoms with Crippen molar-refractivity contribution in [2.24, 2.45) is 5.14 Å². The molecule has 0 radical (unpaired) electrons. The molecule has 10 nitrogen and oxygen atoms in total. The van der Waals surface area contributed by atoms with E-state index in [1.54, 1.807) is 11.0 Å². The monoisotopic (exact) mass is 405 g/mol. The number of hydrogen-bond donors (Lipinski definition) is 3. The first-order valence-corrected chi connectivity index (χ1v) is 10.3. The summed E-state index contributed by atoms with van der Waals surface area (Å²) in [6.45, 7) is 0.368. The number of sulfonamides is 1. The number of nitrogens with zero attached hydrogens (tertiary/aromatic N) is 2. The first-order chi connectivity index (χ1) is 13.2. The fraction of sp³-hybridized carbons (Fsp3) is 0.353. The standard InChI is InChI=1S/C17H19N5O5S/c18-15-14(16(24)20-17(25)22(15)10-1-2-10)13(23)8-21-6-5-9-7-11(28(19,26)27)3-4-12(9)21/h3-4,7,10H,1-2,5-6,8,18H2,(H2,19,26,27)(H,20,24,25). The van der Waals surface area contributed by atoms with Crippen LogP contribution in [0.4, 0.5) is 11.5 Å². The Morgan fingerprint density at radius 2 is 1.96 bits per heavy atom. The summed E-state index contributed by atoms with van der Waals surface area (Å²) < 4.78 is 24.3. The molecule has 4 rings (SSSR count). The lowest BCUT2D eigenvalue weighted by atomic mass is 10.1. The fourth-order valence-corrected chi connectivity index (χ4v) is 4.14. The highest BCUT2D eigenvalue weighted by Crippen LogP contribution is 2.35. The fourth-order valence-electron chi connectivity index (χ4n) is 3.57. The second kappa shape index (κ2) is 6.31. The molecule has 0 unspecified atom stereocenters. The first kappa shape index (κ1) is 18.4. The van der Waals surface area contributed by atoms with Gasteiger partial charge in [0.25, 0.3) is 5.56 Å². The summed E-state index contributed by atoms with van der Waals surface area (Å²) in [4.78, 5) is 40.9. The van der Waals surface area contributed by atoms with E-state index >= 15 is 0 Å². The number of benzene rings is 1. The molecule has 1 saturated carbocycles. The number of Topliss-reactive ketones (excluding diaryl/α,β-unsaturated/α-hetero) is 1. The minimum atomic E-state index is -3.81. The summed E-state index contributed by atoms with van der Waals surface area (Å²) in [5, 5.41) is 5.16. The number of fused-ring (bicyclic) bond motifs is 1. The number of anilines is 2. The van der Waals surface area contributed by atoms with Crippen molar-refractivity contribution in [2.45, 2.75) is 30.2 Å². The van der Waals surface area contributed by atoms with E-state index in [1.807, 2.05) is 0 Å². The smallest absolute Gasteiger partial charge is 0.330 e. The molecule has 1 aromatic carbocycles. The summed E-state index contributed by atoms with van der Waals surface area (Å²) in [7, 11) is -3.81. The number of ketones is 1. The van der Waals surface area contributed by atoms with Crippen molar-refractivity contribution in [3.05, 3.63) is 50.2 Å². The van der Waals surface area contributed by atoms with E-state index in [-0.39, 0.29) is 28.9 Å². The van der Waals surface area contributed by atoms with Crippen LogP contribution in [0.15, 0.2) is 32.7 Å². The summed E-state index contributed by atoms with van der Waals surface area (Å²) in [5.41, 5.74) is 5.81. The number of carbonyl (C=O) groups is 1. The molecule has 0 bridgehead atoms. The third-order valence-corrected chi connectivity index (χ3v) is 5.99. The number of aromatic amines is 1. The van der Waals surface area contributed by atoms with E-state index in [9.17, 15) is 22.8 Å². The Bertz CT molecular complexity index is 1210. The van der Waals surface area contributed by atoms with Gasteiger partial charge in [0.1, 0.15) is 11.4 Å². The predicted molar refractivity (Wildman–Crippen MR) is 102 cm³/mol. The molecule has 28 heavy (non-hydrogen) atoms. The number of nitrogens with one attached hydrogen (secondary N) is 1. The maximum absolute atomic E-state index is 12.8. The summed E-state index contributed by atoms with van der Waals surface area (Å²) in [6, 6.07) is 4.38. The number of hydrogen-bond acceptors (Lipinski definition) is 7. The molecule has 1 aromatic heterocycles. The largest absolute Gasteiger partial charge is 0.384 e. The number of carbonyl (C=O) groups excluding carboxylic acids is 1. The molecule has 2 aromatic rings. The van der Waals surface area contributed by atoms with Crippen LogP contribution in [0.5, 0.6) is 0 Å². The van der Waals surface area contributed by atoms with Gasteiger partial charge in [-0.05, 0) is 43.0 Å². The van der Waals surface area contributed by atoms with Crippen molar-refractivity contribution in [3.8, 4) is 0 Å². The van der Waals surface area contributed by atoms with Gasteiger partial charge in [-0.2, -0.15) is 0 Å². The molecule has 0 atom stereocenters. The van der Waals surface area contributed by atoms with Gasteiger partial charge in [0.05, 0.1) is 11.4 Å². The highest BCUT2D eigenvalue weighted by Gasteiger charge is 2.31. The van der Waals surface area contributed by atoms with Gasteiger partial charge in [0.2, 0.25) is 10.0 Å². The molecule has 0 spiro atoms. The highest BCUT2D eigenvalue weighted by atomic mass is 32.2. The van der Waals surface area contributed by atoms with Gasteiger partial charge < -0.3 is 10.6 Å². The van der Waals surface area contributed by atoms with Crippen molar-refractivity contribution >= 4 is 27.3 Å². The van der Waals surface area contributed by atoms with Gasteiger partial charge in [0.15, 0.2) is 5.78 Å². The van der Waals surface area contributed by atoms with Gasteiger partial charge in [-0.25, -0.2) is 18.4 Å². The molecule has 1 fully saturated rings. The second-order valence-electron chi connectivity index (χ2n) is 7.05. The van der Waals surface area contributed by atoms with Crippen LogP contribution in [-0.2, 0) is 16.4 Å². The molecule has 148 valence electrons. The molecule has 11 heteroatoms. The zero-order valence-corrected chi connectivity index (χ0v) is 15.7. The van der Waals surface area contributed by atoms with Gasteiger partial charge in [-0.15, -0.1) is 0 Å².